The van der Waals surface area contributed by atoms with Crippen LogP contribution in [0.25, 0.3) is 0 Å². The Bertz CT molecular complexity index is 258. The summed E-state index contributed by atoms with van der Waals surface area (Å²) in [5.74, 6) is 0. The first kappa shape index (κ1) is 11.9. The Kier molecular flexibility index (Phi) is 4.31. The first-order valence-corrected chi connectivity index (χ1v) is 6.53. The Labute approximate surface area is 85.6 Å². The summed E-state index contributed by atoms with van der Waals surface area (Å²) in [5, 5.41) is 0. The SMILES string of the molecule is CC(N)NS(=O)(=O)NC1CCCCC1. The van der Waals surface area contributed by atoms with Crippen LogP contribution in [0, 0.1) is 0 Å². The van der Waals surface area contributed by atoms with Crippen molar-refractivity contribution in [2.45, 2.75) is 51.2 Å². The van der Waals surface area contributed by atoms with E-state index in [1.165, 1.54) is 6.42 Å². The van der Waals surface area contributed by atoms with Gasteiger partial charge in [-0.3, -0.25) is 0 Å². The lowest BCUT2D eigenvalue weighted by atomic mass is 9.96. The zero-order valence-corrected chi connectivity index (χ0v) is 9.31. The van der Waals surface area contributed by atoms with Crippen LogP contribution >= 0.6 is 0 Å². The van der Waals surface area contributed by atoms with Gasteiger partial charge in [0.25, 0.3) is 10.2 Å². The minimum absolute atomic E-state index is 0.0833. The molecule has 0 bridgehead atoms. The Morgan fingerprint density at radius 3 is 2.36 bits per heavy atom. The lowest BCUT2D eigenvalue weighted by Crippen LogP contribution is -2.49. The Balaban J connectivity index is 2.41. The van der Waals surface area contributed by atoms with Crippen molar-refractivity contribution in [2.75, 3.05) is 0 Å². The average molecular weight is 221 g/mol. The maximum atomic E-state index is 11.4. The molecular weight excluding hydrogens is 202 g/mol. The quantitative estimate of drug-likeness (QED) is 0.586. The van der Waals surface area contributed by atoms with Gasteiger partial charge in [0.1, 0.15) is 0 Å². The van der Waals surface area contributed by atoms with Gasteiger partial charge in [0, 0.05) is 6.04 Å². The normalized spacial score (nSPS) is 22.1. The van der Waals surface area contributed by atoms with Crippen LogP contribution < -0.4 is 15.2 Å². The number of nitrogens with one attached hydrogen (secondary N) is 2. The van der Waals surface area contributed by atoms with E-state index in [0.717, 1.165) is 25.7 Å². The predicted molar refractivity (Wildman–Crippen MR) is 55.7 cm³/mol. The highest BCUT2D eigenvalue weighted by Crippen LogP contribution is 2.17. The first-order chi connectivity index (χ1) is 6.49. The fraction of sp³-hybridized carbons (Fsp3) is 1.00. The molecule has 0 aromatic rings. The average Bonchev–Trinajstić information content (AvgIpc) is 2.02. The molecule has 1 saturated carbocycles. The van der Waals surface area contributed by atoms with Crippen molar-refractivity contribution >= 4 is 10.2 Å². The minimum Gasteiger partial charge on any atom is -0.315 e. The third-order valence-electron chi connectivity index (χ3n) is 2.27. The molecule has 1 atom stereocenters. The molecule has 0 spiro atoms. The van der Waals surface area contributed by atoms with Crippen LogP contribution in [-0.4, -0.2) is 20.6 Å². The highest BCUT2D eigenvalue weighted by molar-refractivity contribution is 7.87. The van der Waals surface area contributed by atoms with Crippen LogP contribution in [0.5, 0.6) is 0 Å². The minimum atomic E-state index is -3.41. The number of nitrogens with two attached hydrogens (primary N) is 1. The van der Waals surface area contributed by atoms with Crippen molar-refractivity contribution in [3.8, 4) is 0 Å². The van der Waals surface area contributed by atoms with E-state index in [1.54, 1.807) is 6.92 Å². The second kappa shape index (κ2) is 5.06. The summed E-state index contributed by atoms with van der Waals surface area (Å²) in [7, 11) is -3.41. The molecule has 1 rings (SSSR count). The summed E-state index contributed by atoms with van der Waals surface area (Å²) in [6, 6.07) is 0.0833. The van der Waals surface area contributed by atoms with Crippen molar-refractivity contribution in [1.29, 1.82) is 0 Å². The summed E-state index contributed by atoms with van der Waals surface area (Å²) < 4.78 is 27.7. The van der Waals surface area contributed by atoms with Crippen molar-refractivity contribution in [3.05, 3.63) is 0 Å². The molecule has 0 saturated heterocycles. The monoisotopic (exact) mass is 221 g/mol. The zero-order valence-electron chi connectivity index (χ0n) is 8.49. The lowest BCUT2D eigenvalue weighted by Gasteiger charge is -2.23. The van der Waals surface area contributed by atoms with Crippen LogP contribution in [0.4, 0.5) is 0 Å². The molecular formula is C8H19N3O2S. The fourth-order valence-corrected chi connectivity index (χ4v) is 2.95. The van der Waals surface area contributed by atoms with Gasteiger partial charge in [-0.25, -0.2) is 0 Å². The van der Waals surface area contributed by atoms with Crippen molar-refractivity contribution < 1.29 is 8.42 Å². The molecule has 1 aliphatic rings. The summed E-state index contributed by atoms with van der Waals surface area (Å²) in [4.78, 5) is 0. The molecule has 1 aliphatic carbocycles. The van der Waals surface area contributed by atoms with E-state index in [-0.39, 0.29) is 6.04 Å². The number of rotatable bonds is 4. The van der Waals surface area contributed by atoms with Gasteiger partial charge in [0.15, 0.2) is 0 Å². The summed E-state index contributed by atoms with van der Waals surface area (Å²) >= 11 is 0. The molecule has 0 amide bonds. The van der Waals surface area contributed by atoms with Crippen LogP contribution in [0.15, 0.2) is 0 Å². The van der Waals surface area contributed by atoms with Gasteiger partial charge in [-0.15, -0.1) is 0 Å². The summed E-state index contributed by atoms with van der Waals surface area (Å²) in [5.41, 5.74) is 5.35. The van der Waals surface area contributed by atoms with E-state index in [0.29, 0.717) is 0 Å². The topological polar surface area (TPSA) is 84.2 Å². The maximum Gasteiger partial charge on any atom is 0.278 e. The molecule has 0 radical (unpaired) electrons. The fourth-order valence-electron chi connectivity index (χ4n) is 1.72. The Hall–Kier alpha value is -0.170. The lowest BCUT2D eigenvalue weighted by molar-refractivity contribution is 0.408. The van der Waals surface area contributed by atoms with Gasteiger partial charge >= 0.3 is 0 Å². The van der Waals surface area contributed by atoms with Gasteiger partial charge < -0.3 is 5.73 Å². The third-order valence-corrected chi connectivity index (χ3v) is 3.59. The molecule has 1 unspecified atom stereocenters. The van der Waals surface area contributed by atoms with Crippen LogP contribution in [0.3, 0.4) is 0 Å². The number of hydrogen-bond acceptors (Lipinski definition) is 3. The predicted octanol–water partition coefficient (Wildman–Crippen LogP) is 0.0478. The van der Waals surface area contributed by atoms with Crippen molar-refractivity contribution in [3.63, 3.8) is 0 Å². The second-order valence-corrected chi connectivity index (χ2v) is 5.34. The van der Waals surface area contributed by atoms with Gasteiger partial charge in [0.2, 0.25) is 0 Å². The largest absolute Gasteiger partial charge is 0.315 e. The van der Waals surface area contributed by atoms with E-state index in [4.69, 9.17) is 5.73 Å². The van der Waals surface area contributed by atoms with Crippen LogP contribution in [-0.2, 0) is 10.2 Å². The Morgan fingerprint density at radius 1 is 1.29 bits per heavy atom. The molecule has 0 aromatic carbocycles. The molecule has 1 fully saturated rings. The molecule has 0 aromatic heterocycles. The van der Waals surface area contributed by atoms with Crippen molar-refractivity contribution in [1.82, 2.24) is 9.44 Å². The van der Waals surface area contributed by atoms with Gasteiger partial charge in [-0.1, -0.05) is 19.3 Å². The third kappa shape index (κ3) is 4.36. The van der Waals surface area contributed by atoms with E-state index in [2.05, 4.69) is 9.44 Å². The molecule has 4 N–H and O–H groups in total. The van der Waals surface area contributed by atoms with E-state index >= 15 is 0 Å². The second-order valence-electron chi connectivity index (χ2n) is 3.86. The molecule has 0 aliphatic heterocycles. The van der Waals surface area contributed by atoms with Gasteiger partial charge in [0.05, 0.1) is 6.17 Å². The zero-order chi connectivity index (χ0) is 10.6. The molecule has 14 heavy (non-hydrogen) atoms. The molecule has 5 nitrogen and oxygen atoms in total. The van der Waals surface area contributed by atoms with Crippen molar-refractivity contribution in [2.24, 2.45) is 5.73 Å². The van der Waals surface area contributed by atoms with Gasteiger partial charge in [-0.05, 0) is 19.8 Å². The number of hydrogen-bond donors (Lipinski definition) is 3. The first-order valence-electron chi connectivity index (χ1n) is 5.05. The molecule has 84 valence electrons. The van der Waals surface area contributed by atoms with E-state index < -0.39 is 16.4 Å². The Morgan fingerprint density at radius 2 is 1.86 bits per heavy atom. The van der Waals surface area contributed by atoms with E-state index in [9.17, 15) is 8.42 Å². The van der Waals surface area contributed by atoms with E-state index in [1.807, 2.05) is 0 Å². The van der Waals surface area contributed by atoms with Crippen LogP contribution in [0.1, 0.15) is 39.0 Å². The molecule has 6 heteroatoms. The highest BCUT2D eigenvalue weighted by atomic mass is 32.2. The summed E-state index contributed by atoms with van der Waals surface area (Å²) in [6.07, 6.45) is 4.73. The summed E-state index contributed by atoms with van der Waals surface area (Å²) in [6.45, 7) is 1.60. The highest BCUT2D eigenvalue weighted by Gasteiger charge is 2.20. The molecule has 0 heterocycles. The maximum absolute atomic E-state index is 11.4. The standard InChI is InChI=1S/C8H19N3O2S/c1-7(9)10-14(12,13)11-8-5-3-2-4-6-8/h7-8,10-11H,2-6,9H2,1H3. The van der Waals surface area contributed by atoms with Gasteiger partial charge in [-0.2, -0.15) is 17.9 Å². The van der Waals surface area contributed by atoms with Crippen LogP contribution in [0.2, 0.25) is 0 Å². The smallest absolute Gasteiger partial charge is 0.278 e.